The summed E-state index contributed by atoms with van der Waals surface area (Å²) < 4.78 is 6.78. The monoisotopic (exact) mass is 313 g/mol. The van der Waals surface area contributed by atoms with Crippen LogP contribution in [-0.4, -0.2) is 12.6 Å². The van der Waals surface area contributed by atoms with Crippen molar-refractivity contribution in [3.05, 3.63) is 28.2 Å². The smallest absolute Gasteiger partial charge is 0.133 e. The van der Waals surface area contributed by atoms with Crippen molar-refractivity contribution in [2.75, 3.05) is 6.61 Å². The minimum atomic E-state index is 0.240. The Morgan fingerprint density at radius 1 is 1.33 bits per heavy atom. The predicted molar refractivity (Wildman–Crippen MR) is 81.1 cm³/mol. The number of hydrogen-bond acceptors (Lipinski definition) is 2. The van der Waals surface area contributed by atoms with Gasteiger partial charge in [-0.1, -0.05) is 26.8 Å². The molecule has 1 atom stereocenters. The molecule has 0 aromatic heterocycles. The highest BCUT2D eigenvalue weighted by atomic mass is 79.9. The zero-order valence-corrected chi connectivity index (χ0v) is 13.2. The molecule has 1 aromatic carbocycles. The summed E-state index contributed by atoms with van der Waals surface area (Å²) in [5.74, 6) is 1.59. The van der Waals surface area contributed by atoms with Crippen molar-refractivity contribution in [2.45, 2.75) is 46.1 Å². The van der Waals surface area contributed by atoms with E-state index in [1.807, 2.05) is 6.07 Å². The molecule has 1 aromatic rings. The van der Waals surface area contributed by atoms with Crippen molar-refractivity contribution in [2.24, 2.45) is 11.7 Å². The van der Waals surface area contributed by atoms with Gasteiger partial charge >= 0.3 is 0 Å². The zero-order valence-electron chi connectivity index (χ0n) is 11.6. The maximum absolute atomic E-state index is 5.96. The molecule has 0 bridgehead atoms. The Balaban J connectivity index is 2.56. The Hall–Kier alpha value is -0.540. The van der Waals surface area contributed by atoms with E-state index in [-0.39, 0.29) is 6.04 Å². The first kappa shape index (κ1) is 15.5. The Morgan fingerprint density at radius 3 is 2.61 bits per heavy atom. The predicted octanol–water partition coefficient (Wildman–Crippen LogP) is 4.15. The second-order valence-electron chi connectivity index (χ2n) is 5.17. The van der Waals surface area contributed by atoms with E-state index in [9.17, 15) is 0 Å². The topological polar surface area (TPSA) is 35.2 Å². The van der Waals surface area contributed by atoms with Crippen molar-refractivity contribution in [1.29, 1.82) is 0 Å². The molecule has 0 saturated heterocycles. The highest BCUT2D eigenvalue weighted by molar-refractivity contribution is 9.10. The molecule has 18 heavy (non-hydrogen) atoms. The molecule has 2 N–H and O–H groups in total. The van der Waals surface area contributed by atoms with Crippen LogP contribution in [0.4, 0.5) is 0 Å². The molecule has 0 radical (unpaired) electrons. The van der Waals surface area contributed by atoms with E-state index < -0.39 is 0 Å². The summed E-state index contributed by atoms with van der Waals surface area (Å²) in [7, 11) is 0. The first-order valence-corrected chi connectivity index (χ1v) is 7.49. The van der Waals surface area contributed by atoms with E-state index >= 15 is 0 Å². The molecule has 0 heterocycles. The Bertz CT molecular complexity index is 366. The summed E-state index contributed by atoms with van der Waals surface area (Å²) in [5.41, 5.74) is 7.22. The van der Waals surface area contributed by atoms with Gasteiger partial charge in [-0.05, 0) is 58.8 Å². The molecule has 0 spiro atoms. The lowest BCUT2D eigenvalue weighted by Gasteiger charge is -2.12. The highest BCUT2D eigenvalue weighted by Gasteiger charge is 2.06. The van der Waals surface area contributed by atoms with Gasteiger partial charge in [0.05, 0.1) is 11.1 Å². The van der Waals surface area contributed by atoms with E-state index in [0.717, 1.165) is 36.1 Å². The standard InChI is InChI=1S/C15H24BrNO/c1-4-13(17)9-12-5-6-15(14(16)10-12)18-8-7-11(2)3/h5-6,10-11,13H,4,7-9,17H2,1-3H3. The lowest BCUT2D eigenvalue weighted by molar-refractivity contribution is 0.288. The van der Waals surface area contributed by atoms with Crippen LogP contribution >= 0.6 is 15.9 Å². The SMILES string of the molecule is CCC(N)Cc1ccc(OCCC(C)C)c(Br)c1. The first-order valence-electron chi connectivity index (χ1n) is 6.69. The summed E-state index contributed by atoms with van der Waals surface area (Å²) in [6, 6.07) is 6.48. The maximum atomic E-state index is 5.96. The van der Waals surface area contributed by atoms with Crippen LogP contribution in [0.5, 0.6) is 5.75 Å². The lowest BCUT2D eigenvalue weighted by atomic mass is 10.0. The molecule has 0 amide bonds. The van der Waals surface area contributed by atoms with Gasteiger partial charge in [-0.25, -0.2) is 0 Å². The third-order valence-electron chi connectivity index (χ3n) is 2.97. The van der Waals surface area contributed by atoms with Crippen LogP contribution in [0.2, 0.25) is 0 Å². The molecule has 0 aliphatic heterocycles. The highest BCUT2D eigenvalue weighted by Crippen LogP contribution is 2.27. The van der Waals surface area contributed by atoms with Crippen LogP contribution in [-0.2, 0) is 6.42 Å². The van der Waals surface area contributed by atoms with E-state index in [2.05, 4.69) is 48.8 Å². The number of hydrogen-bond donors (Lipinski definition) is 1. The first-order chi connectivity index (χ1) is 8.52. The van der Waals surface area contributed by atoms with E-state index in [4.69, 9.17) is 10.5 Å². The molecule has 2 nitrogen and oxygen atoms in total. The van der Waals surface area contributed by atoms with Crippen LogP contribution in [0.1, 0.15) is 39.2 Å². The van der Waals surface area contributed by atoms with Gasteiger partial charge in [0.25, 0.3) is 0 Å². The second kappa shape index (κ2) is 7.80. The second-order valence-corrected chi connectivity index (χ2v) is 6.02. The van der Waals surface area contributed by atoms with Gasteiger partial charge in [0.1, 0.15) is 5.75 Å². The maximum Gasteiger partial charge on any atom is 0.133 e. The number of benzene rings is 1. The molecule has 102 valence electrons. The molecular formula is C15H24BrNO. The van der Waals surface area contributed by atoms with Gasteiger partial charge in [0, 0.05) is 6.04 Å². The molecular weight excluding hydrogens is 290 g/mol. The summed E-state index contributed by atoms with van der Waals surface area (Å²) >= 11 is 3.56. The Kier molecular flexibility index (Phi) is 6.72. The van der Waals surface area contributed by atoms with Crippen molar-refractivity contribution in [3.8, 4) is 5.75 Å². The van der Waals surface area contributed by atoms with Gasteiger partial charge < -0.3 is 10.5 Å². The van der Waals surface area contributed by atoms with Gasteiger partial charge in [-0.2, -0.15) is 0 Å². The van der Waals surface area contributed by atoms with E-state index in [1.165, 1.54) is 5.56 Å². The fraction of sp³-hybridized carbons (Fsp3) is 0.600. The summed E-state index contributed by atoms with van der Waals surface area (Å²) in [4.78, 5) is 0. The van der Waals surface area contributed by atoms with Gasteiger partial charge in [0.2, 0.25) is 0 Å². The van der Waals surface area contributed by atoms with Crippen molar-refractivity contribution >= 4 is 15.9 Å². The third-order valence-corrected chi connectivity index (χ3v) is 3.59. The fourth-order valence-electron chi connectivity index (χ4n) is 1.64. The summed E-state index contributed by atoms with van der Waals surface area (Å²) in [5, 5.41) is 0. The van der Waals surface area contributed by atoms with Crippen LogP contribution < -0.4 is 10.5 Å². The lowest BCUT2D eigenvalue weighted by Crippen LogP contribution is -2.21. The van der Waals surface area contributed by atoms with E-state index in [0.29, 0.717) is 5.92 Å². The number of nitrogens with two attached hydrogens (primary N) is 1. The number of ether oxygens (including phenoxy) is 1. The van der Waals surface area contributed by atoms with Crippen LogP contribution in [0, 0.1) is 5.92 Å². The third kappa shape index (κ3) is 5.40. The molecule has 0 fully saturated rings. The zero-order chi connectivity index (χ0) is 13.5. The Morgan fingerprint density at radius 2 is 2.06 bits per heavy atom. The van der Waals surface area contributed by atoms with Gasteiger partial charge in [0.15, 0.2) is 0 Å². The van der Waals surface area contributed by atoms with Gasteiger partial charge in [-0.3, -0.25) is 0 Å². The Labute approximate surface area is 119 Å². The summed E-state index contributed by atoms with van der Waals surface area (Å²) in [6.07, 6.45) is 3.00. The minimum Gasteiger partial charge on any atom is -0.492 e. The molecule has 1 rings (SSSR count). The van der Waals surface area contributed by atoms with Crippen molar-refractivity contribution in [3.63, 3.8) is 0 Å². The van der Waals surface area contributed by atoms with Crippen molar-refractivity contribution in [1.82, 2.24) is 0 Å². The van der Waals surface area contributed by atoms with Crippen LogP contribution in [0.3, 0.4) is 0 Å². The molecule has 0 aliphatic rings. The molecule has 3 heteroatoms. The van der Waals surface area contributed by atoms with Crippen molar-refractivity contribution < 1.29 is 4.74 Å². The normalized spacial score (nSPS) is 12.8. The largest absolute Gasteiger partial charge is 0.492 e. The van der Waals surface area contributed by atoms with E-state index in [1.54, 1.807) is 0 Å². The summed E-state index contributed by atoms with van der Waals surface area (Å²) in [6.45, 7) is 7.29. The fourth-order valence-corrected chi connectivity index (χ4v) is 2.18. The number of halogens is 1. The number of rotatable bonds is 7. The van der Waals surface area contributed by atoms with Crippen LogP contribution in [0.25, 0.3) is 0 Å². The molecule has 1 unspecified atom stereocenters. The van der Waals surface area contributed by atoms with Crippen LogP contribution in [0.15, 0.2) is 22.7 Å². The van der Waals surface area contributed by atoms with Gasteiger partial charge in [-0.15, -0.1) is 0 Å². The molecule has 0 saturated carbocycles. The molecule has 0 aliphatic carbocycles. The minimum absolute atomic E-state index is 0.240. The average Bonchev–Trinajstić information content (AvgIpc) is 2.31. The average molecular weight is 314 g/mol. The quantitative estimate of drug-likeness (QED) is 0.820.